The van der Waals surface area contributed by atoms with Crippen molar-refractivity contribution in [1.82, 2.24) is 4.57 Å². The first-order valence-corrected chi connectivity index (χ1v) is 10.3. The van der Waals surface area contributed by atoms with Gasteiger partial charge in [-0.25, -0.2) is 0 Å². The first-order valence-electron chi connectivity index (χ1n) is 10.3. The Morgan fingerprint density at radius 3 is 2.45 bits per heavy atom. The maximum absolute atomic E-state index is 12.8. The standard InChI is InChI=1S/C24H24F3N3O/c1-2-23(31)28-20-5-8-22-18(15-20)11-14-30(22)16-17-9-12-29(13-10-17)21-6-3-19(4-7-21)24(25,26)27/h2-8,11,14-15,17H,1,9-10,12-13,16H2,(H,28,31). The van der Waals surface area contributed by atoms with Gasteiger partial charge in [-0.2, -0.15) is 13.2 Å². The molecule has 31 heavy (non-hydrogen) atoms. The van der Waals surface area contributed by atoms with Crippen LogP contribution >= 0.6 is 0 Å². The highest BCUT2D eigenvalue weighted by Gasteiger charge is 2.30. The van der Waals surface area contributed by atoms with Gasteiger partial charge in [0, 0.05) is 48.1 Å². The summed E-state index contributed by atoms with van der Waals surface area (Å²) in [5.41, 5.74) is 2.08. The Morgan fingerprint density at radius 1 is 1.10 bits per heavy atom. The van der Waals surface area contributed by atoms with Crippen LogP contribution in [0, 0.1) is 5.92 Å². The number of amides is 1. The lowest BCUT2D eigenvalue weighted by atomic mass is 9.96. The van der Waals surface area contributed by atoms with Crippen LogP contribution in [0.1, 0.15) is 18.4 Å². The average Bonchev–Trinajstić information content (AvgIpc) is 3.15. The molecule has 0 aliphatic carbocycles. The Morgan fingerprint density at radius 2 is 1.81 bits per heavy atom. The van der Waals surface area contributed by atoms with E-state index in [1.807, 2.05) is 24.3 Å². The number of nitrogens with one attached hydrogen (secondary N) is 1. The summed E-state index contributed by atoms with van der Waals surface area (Å²) in [6.45, 7) is 6.01. The van der Waals surface area contributed by atoms with Crippen molar-refractivity contribution in [3.05, 3.63) is 72.9 Å². The summed E-state index contributed by atoms with van der Waals surface area (Å²) in [6.07, 6.45) is 0.962. The molecule has 4 rings (SSSR count). The molecule has 1 aliphatic rings. The number of carbonyl (C=O) groups is 1. The number of carbonyl (C=O) groups excluding carboxylic acids is 1. The Labute approximate surface area is 179 Å². The summed E-state index contributed by atoms with van der Waals surface area (Å²) in [4.78, 5) is 13.6. The van der Waals surface area contributed by atoms with Crippen LogP contribution in [-0.2, 0) is 17.5 Å². The third kappa shape index (κ3) is 4.76. The van der Waals surface area contributed by atoms with Gasteiger partial charge < -0.3 is 14.8 Å². The molecule has 1 aromatic heterocycles. The number of hydrogen-bond donors (Lipinski definition) is 1. The summed E-state index contributed by atoms with van der Waals surface area (Å²) in [7, 11) is 0. The van der Waals surface area contributed by atoms with Crippen molar-refractivity contribution >= 4 is 28.2 Å². The molecule has 0 saturated carbocycles. The molecule has 1 saturated heterocycles. The van der Waals surface area contributed by atoms with Crippen LogP contribution in [0.2, 0.25) is 0 Å². The molecule has 0 unspecified atom stereocenters. The number of fused-ring (bicyclic) bond motifs is 1. The number of alkyl halides is 3. The lowest BCUT2D eigenvalue weighted by molar-refractivity contribution is -0.137. The zero-order valence-electron chi connectivity index (χ0n) is 17.0. The van der Waals surface area contributed by atoms with Crippen LogP contribution in [0.15, 0.2) is 67.4 Å². The molecule has 4 nitrogen and oxygen atoms in total. The number of hydrogen-bond acceptors (Lipinski definition) is 2. The third-order valence-corrected chi connectivity index (χ3v) is 5.85. The zero-order chi connectivity index (χ0) is 22.0. The molecule has 1 aliphatic heterocycles. The van der Waals surface area contributed by atoms with Crippen molar-refractivity contribution in [2.75, 3.05) is 23.3 Å². The van der Waals surface area contributed by atoms with Gasteiger partial charge in [0.2, 0.25) is 5.91 Å². The molecular weight excluding hydrogens is 403 g/mol. The molecule has 1 N–H and O–H groups in total. The van der Waals surface area contributed by atoms with Crippen LogP contribution in [0.4, 0.5) is 24.5 Å². The number of rotatable bonds is 5. The summed E-state index contributed by atoms with van der Waals surface area (Å²) in [6, 6.07) is 13.3. The van der Waals surface area contributed by atoms with Crippen LogP contribution in [0.5, 0.6) is 0 Å². The summed E-state index contributed by atoms with van der Waals surface area (Å²) >= 11 is 0. The monoisotopic (exact) mass is 427 g/mol. The Balaban J connectivity index is 1.37. The normalized spacial score (nSPS) is 15.3. The highest BCUT2D eigenvalue weighted by molar-refractivity contribution is 6.00. The first kappa shape index (κ1) is 21.0. The number of benzene rings is 2. The van der Waals surface area contributed by atoms with E-state index in [9.17, 15) is 18.0 Å². The largest absolute Gasteiger partial charge is 0.416 e. The molecule has 1 amide bonds. The van der Waals surface area contributed by atoms with Crippen LogP contribution in [-0.4, -0.2) is 23.6 Å². The van der Waals surface area contributed by atoms with Crippen molar-refractivity contribution in [2.24, 2.45) is 5.92 Å². The van der Waals surface area contributed by atoms with E-state index in [1.165, 1.54) is 6.08 Å². The molecule has 7 heteroatoms. The quantitative estimate of drug-likeness (QED) is 0.530. The van der Waals surface area contributed by atoms with Gasteiger partial charge in [-0.3, -0.25) is 4.79 Å². The summed E-state index contributed by atoms with van der Waals surface area (Å²) in [5.74, 6) is 0.264. The van der Waals surface area contributed by atoms with E-state index in [0.29, 0.717) is 5.92 Å². The maximum Gasteiger partial charge on any atom is 0.416 e. The van der Waals surface area contributed by atoms with Gasteiger partial charge in [-0.15, -0.1) is 0 Å². The van der Waals surface area contributed by atoms with Gasteiger partial charge in [-0.05, 0) is 73.4 Å². The van der Waals surface area contributed by atoms with E-state index in [0.717, 1.165) is 66.9 Å². The summed E-state index contributed by atoms with van der Waals surface area (Å²) < 4.78 is 40.5. The Hall–Kier alpha value is -3.22. The molecule has 1 fully saturated rings. The average molecular weight is 427 g/mol. The number of anilines is 2. The molecule has 0 spiro atoms. The Bertz CT molecular complexity index is 1080. The second-order valence-corrected chi connectivity index (χ2v) is 7.91. The molecule has 0 atom stereocenters. The fourth-order valence-electron chi connectivity index (χ4n) is 4.14. The maximum atomic E-state index is 12.8. The van der Waals surface area contributed by atoms with Crippen molar-refractivity contribution in [3.63, 3.8) is 0 Å². The third-order valence-electron chi connectivity index (χ3n) is 5.85. The van der Waals surface area contributed by atoms with E-state index in [4.69, 9.17) is 0 Å². The fraction of sp³-hybridized carbons (Fsp3) is 0.292. The molecule has 2 aromatic carbocycles. The fourth-order valence-corrected chi connectivity index (χ4v) is 4.14. The minimum Gasteiger partial charge on any atom is -0.372 e. The molecule has 0 bridgehead atoms. The van der Waals surface area contributed by atoms with Crippen LogP contribution in [0.25, 0.3) is 10.9 Å². The van der Waals surface area contributed by atoms with Crippen molar-refractivity contribution in [1.29, 1.82) is 0 Å². The predicted octanol–water partition coefficient (Wildman–Crippen LogP) is 5.70. The molecule has 2 heterocycles. The number of piperidine rings is 1. The van der Waals surface area contributed by atoms with E-state index in [1.54, 1.807) is 12.1 Å². The smallest absolute Gasteiger partial charge is 0.372 e. The minimum atomic E-state index is -4.30. The second-order valence-electron chi connectivity index (χ2n) is 7.91. The second kappa shape index (κ2) is 8.49. The van der Waals surface area contributed by atoms with E-state index < -0.39 is 11.7 Å². The summed E-state index contributed by atoms with van der Waals surface area (Å²) in [5, 5.41) is 3.83. The van der Waals surface area contributed by atoms with Gasteiger partial charge in [-0.1, -0.05) is 6.58 Å². The lowest BCUT2D eigenvalue weighted by Gasteiger charge is -2.34. The van der Waals surface area contributed by atoms with Gasteiger partial charge >= 0.3 is 6.18 Å². The molecule has 3 aromatic rings. The molecule has 162 valence electrons. The zero-order valence-corrected chi connectivity index (χ0v) is 17.0. The highest BCUT2D eigenvalue weighted by atomic mass is 19.4. The lowest BCUT2D eigenvalue weighted by Crippen LogP contribution is -2.34. The SMILES string of the molecule is C=CC(=O)Nc1ccc2c(ccn2CC2CCN(c3ccc(C(F)(F)F)cc3)CC2)c1. The predicted molar refractivity (Wildman–Crippen MR) is 117 cm³/mol. The van der Waals surface area contributed by atoms with E-state index in [2.05, 4.69) is 27.6 Å². The van der Waals surface area contributed by atoms with Gasteiger partial charge in [0.05, 0.1) is 5.56 Å². The van der Waals surface area contributed by atoms with Crippen molar-refractivity contribution < 1.29 is 18.0 Å². The number of aromatic nitrogens is 1. The number of halogens is 3. The van der Waals surface area contributed by atoms with Gasteiger partial charge in [0.25, 0.3) is 0 Å². The van der Waals surface area contributed by atoms with E-state index >= 15 is 0 Å². The van der Waals surface area contributed by atoms with Crippen LogP contribution in [0.3, 0.4) is 0 Å². The number of nitrogens with zero attached hydrogens (tertiary/aromatic N) is 2. The van der Waals surface area contributed by atoms with Gasteiger partial charge in [0.1, 0.15) is 0 Å². The topological polar surface area (TPSA) is 37.3 Å². The van der Waals surface area contributed by atoms with Crippen LogP contribution < -0.4 is 10.2 Å². The van der Waals surface area contributed by atoms with Gasteiger partial charge in [0.15, 0.2) is 0 Å². The highest BCUT2D eigenvalue weighted by Crippen LogP contribution is 2.32. The molecular formula is C24H24F3N3O. The molecule has 0 radical (unpaired) electrons. The van der Waals surface area contributed by atoms with E-state index in [-0.39, 0.29) is 5.91 Å². The Kier molecular flexibility index (Phi) is 5.76. The minimum absolute atomic E-state index is 0.237. The van der Waals surface area contributed by atoms with Crippen molar-refractivity contribution in [3.8, 4) is 0 Å². The first-order chi connectivity index (χ1) is 14.8. The van der Waals surface area contributed by atoms with Crippen molar-refractivity contribution in [2.45, 2.75) is 25.6 Å².